The van der Waals surface area contributed by atoms with Crippen LogP contribution in [-0.4, -0.2) is 37.2 Å². The second-order valence-corrected chi connectivity index (χ2v) is 22.7. The summed E-state index contributed by atoms with van der Waals surface area (Å²) >= 11 is 0. The zero-order chi connectivity index (χ0) is 53.6. The lowest BCUT2D eigenvalue weighted by molar-refractivity contribution is -0.167. The van der Waals surface area contributed by atoms with Crippen LogP contribution in [0.4, 0.5) is 0 Å². The maximum atomic E-state index is 12.9. The van der Waals surface area contributed by atoms with Crippen LogP contribution in [0.3, 0.4) is 0 Å². The lowest BCUT2D eigenvalue weighted by Crippen LogP contribution is -2.30. The van der Waals surface area contributed by atoms with Crippen molar-refractivity contribution in [1.29, 1.82) is 0 Å². The summed E-state index contributed by atoms with van der Waals surface area (Å²) in [5.41, 5.74) is 0. The molecule has 0 saturated carbocycles. The second-order valence-electron chi connectivity index (χ2n) is 22.7. The van der Waals surface area contributed by atoms with E-state index in [2.05, 4.69) is 45.1 Å². The normalized spacial score (nSPS) is 12.1. The van der Waals surface area contributed by atoms with Crippen molar-refractivity contribution in [3.63, 3.8) is 0 Å². The number of esters is 3. The molecule has 1 unspecified atom stereocenters. The van der Waals surface area contributed by atoms with Gasteiger partial charge in [0.2, 0.25) is 0 Å². The SMILES string of the molecule is CCCCCC/C=C\C/C=C\CCCCCCCCCC(=O)OC(COC(=O)CCCCCCCCCCCCC)COC(=O)CCCCCCCCCCCCCCCCCCCCCCCCCCCCC. The van der Waals surface area contributed by atoms with Gasteiger partial charge in [-0.05, 0) is 51.4 Å². The smallest absolute Gasteiger partial charge is 0.306 e. The number of hydrogen-bond acceptors (Lipinski definition) is 6. The molecule has 74 heavy (non-hydrogen) atoms. The van der Waals surface area contributed by atoms with Crippen LogP contribution in [-0.2, 0) is 28.6 Å². The highest BCUT2D eigenvalue weighted by Gasteiger charge is 2.19. The number of ether oxygens (including phenoxy) is 3. The van der Waals surface area contributed by atoms with Gasteiger partial charge in [-0.1, -0.05) is 328 Å². The average Bonchev–Trinajstić information content (AvgIpc) is 3.40. The van der Waals surface area contributed by atoms with Gasteiger partial charge in [0.25, 0.3) is 0 Å². The molecule has 0 aliphatic heterocycles. The van der Waals surface area contributed by atoms with Gasteiger partial charge >= 0.3 is 17.9 Å². The average molecular weight is 1040 g/mol. The van der Waals surface area contributed by atoms with Gasteiger partial charge in [0.15, 0.2) is 6.10 Å². The van der Waals surface area contributed by atoms with Crippen molar-refractivity contribution in [3.05, 3.63) is 24.3 Å². The van der Waals surface area contributed by atoms with E-state index < -0.39 is 6.10 Å². The van der Waals surface area contributed by atoms with Crippen molar-refractivity contribution in [2.75, 3.05) is 13.2 Å². The van der Waals surface area contributed by atoms with E-state index in [1.165, 1.54) is 263 Å². The van der Waals surface area contributed by atoms with Crippen LogP contribution in [0.2, 0.25) is 0 Å². The lowest BCUT2D eigenvalue weighted by Gasteiger charge is -2.18. The van der Waals surface area contributed by atoms with Gasteiger partial charge in [0, 0.05) is 19.3 Å². The Hall–Kier alpha value is -2.11. The van der Waals surface area contributed by atoms with Gasteiger partial charge in [-0.25, -0.2) is 0 Å². The van der Waals surface area contributed by atoms with Gasteiger partial charge in [0.1, 0.15) is 13.2 Å². The number of unbranched alkanes of at least 4 members (excludes halogenated alkanes) is 47. The van der Waals surface area contributed by atoms with E-state index in [9.17, 15) is 14.4 Å². The molecule has 0 N–H and O–H groups in total. The fourth-order valence-corrected chi connectivity index (χ4v) is 10.2. The molecule has 0 bridgehead atoms. The summed E-state index contributed by atoms with van der Waals surface area (Å²) in [5, 5.41) is 0. The monoisotopic (exact) mass is 1040 g/mol. The van der Waals surface area contributed by atoms with Crippen LogP contribution in [0.25, 0.3) is 0 Å². The van der Waals surface area contributed by atoms with Gasteiger partial charge < -0.3 is 14.2 Å². The Morgan fingerprint density at radius 3 is 0.757 bits per heavy atom. The summed E-state index contributed by atoms with van der Waals surface area (Å²) in [6, 6.07) is 0. The summed E-state index contributed by atoms with van der Waals surface area (Å²) in [5.74, 6) is -0.850. The lowest BCUT2D eigenvalue weighted by atomic mass is 10.0. The maximum absolute atomic E-state index is 12.9. The molecule has 0 heterocycles. The fraction of sp³-hybridized carbons (Fsp3) is 0.897. The molecule has 0 saturated heterocycles. The zero-order valence-electron chi connectivity index (χ0n) is 50.1. The minimum absolute atomic E-state index is 0.0686. The number of allylic oxidation sites excluding steroid dienone is 4. The van der Waals surface area contributed by atoms with E-state index in [0.29, 0.717) is 19.3 Å². The summed E-state index contributed by atoms with van der Waals surface area (Å²) in [7, 11) is 0. The summed E-state index contributed by atoms with van der Waals surface area (Å²) in [6.07, 6.45) is 76.3. The third-order valence-electron chi connectivity index (χ3n) is 15.2. The molecule has 0 aromatic carbocycles. The summed E-state index contributed by atoms with van der Waals surface area (Å²) < 4.78 is 16.9. The molecule has 0 aromatic rings. The molecule has 0 aromatic heterocycles. The van der Waals surface area contributed by atoms with Crippen LogP contribution in [0.15, 0.2) is 24.3 Å². The summed E-state index contributed by atoms with van der Waals surface area (Å²) in [6.45, 7) is 6.68. The molecule has 6 heteroatoms. The van der Waals surface area contributed by atoms with Gasteiger partial charge in [0.05, 0.1) is 0 Å². The van der Waals surface area contributed by atoms with Gasteiger partial charge in [-0.15, -0.1) is 0 Å². The molecule has 0 amide bonds. The molecular formula is C68H128O6. The first-order chi connectivity index (χ1) is 36.5. The fourth-order valence-electron chi connectivity index (χ4n) is 10.2. The van der Waals surface area contributed by atoms with E-state index in [-0.39, 0.29) is 31.1 Å². The van der Waals surface area contributed by atoms with E-state index in [1.54, 1.807) is 0 Å². The Morgan fingerprint density at radius 2 is 0.486 bits per heavy atom. The first-order valence-corrected chi connectivity index (χ1v) is 33.3. The maximum Gasteiger partial charge on any atom is 0.306 e. The van der Waals surface area contributed by atoms with Crippen LogP contribution in [0.5, 0.6) is 0 Å². The molecule has 1 atom stereocenters. The van der Waals surface area contributed by atoms with Crippen molar-refractivity contribution in [2.45, 2.75) is 380 Å². The van der Waals surface area contributed by atoms with Crippen molar-refractivity contribution in [1.82, 2.24) is 0 Å². The number of hydrogen-bond donors (Lipinski definition) is 0. The highest BCUT2D eigenvalue weighted by Crippen LogP contribution is 2.18. The van der Waals surface area contributed by atoms with E-state index in [4.69, 9.17) is 14.2 Å². The van der Waals surface area contributed by atoms with E-state index in [0.717, 1.165) is 70.6 Å². The minimum Gasteiger partial charge on any atom is -0.462 e. The minimum atomic E-state index is -0.771. The Bertz CT molecular complexity index is 1190. The van der Waals surface area contributed by atoms with Crippen molar-refractivity contribution in [2.24, 2.45) is 0 Å². The van der Waals surface area contributed by atoms with Gasteiger partial charge in [-0.2, -0.15) is 0 Å². The number of rotatable bonds is 62. The molecule has 0 aliphatic carbocycles. The van der Waals surface area contributed by atoms with Crippen molar-refractivity contribution >= 4 is 17.9 Å². The Balaban J connectivity index is 4.16. The van der Waals surface area contributed by atoms with Crippen LogP contribution in [0, 0.1) is 0 Å². The van der Waals surface area contributed by atoms with Crippen LogP contribution in [0.1, 0.15) is 374 Å². The molecule has 0 radical (unpaired) electrons. The van der Waals surface area contributed by atoms with E-state index in [1.807, 2.05) is 0 Å². The predicted octanol–water partition coefficient (Wildman–Crippen LogP) is 22.6. The molecule has 0 fully saturated rings. The third kappa shape index (κ3) is 60.8. The van der Waals surface area contributed by atoms with Gasteiger partial charge in [-0.3, -0.25) is 14.4 Å². The second kappa shape index (κ2) is 63.4. The summed E-state index contributed by atoms with van der Waals surface area (Å²) in [4.78, 5) is 38.3. The first kappa shape index (κ1) is 71.9. The number of carbonyl (C=O) groups excluding carboxylic acids is 3. The Labute approximate surface area is 462 Å². The topological polar surface area (TPSA) is 78.9 Å². The molecule has 0 spiro atoms. The molecular weight excluding hydrogens is 913 g/mol. The Kier molecular flexibility index (Phi) is 61.6. The van der Waals surface area contributed by atoms with Crippen molar-refractivity contribution in [3.8, 4) is 0 Å². The largest absolute Gasteiger partial charge is 0.462 e. The standard InChI is InChI=1S/C68H128O6/c1-4-7-10-13-16-19-22-24-26-28-30-31-32-33-34-35-36-37-38-40-41-43-46-49-52-55-58-61-67(70)73-64-65(63-72-66(69)60-57-54-51-48-45-21-18-15-12-9-6-3)74-68(71)62-59-56-53-50-47-44-42-39-29-27-25-23-20-17-14-11-8-5-2/h20,23,27,29,65H,4-19,21-22,24-26,28,30-64H2,1-3H3/b23-20-,29-27-. The molecule has 0 rings (SSSR count). The number of carbonyl (C=O) groups is 3. The van der Waals surface area contributed by atoms with Crippen molar-refractivity contribution < 1.29 is 28.6 Å². The van der Waals surface area contributed by atoms with Crippen LogP contribution >= 0.6 is 0 Å². The van der Waals surface area contributed by atoms with E-state index >= 15 is 0 Å². The van der Waals surface area contributed by atoms with Crippen LogP contribution < -0.4 is 0 Å². The molecule has 6 nitrogen and oxygen atoms in total. The first-order valence-electron chi connectivity index (χ1n) is 33.3. The Morgan fingerprint density at radius 1 is 0.270 bits per heavy atom. The molecule has 436 valence electrons. The zero-order valence-corrected chi connectivity index (χ0v) is 50.1. The molecule has 0 aliphatic rings. The predicted molar refractivity (Wildman–Crippen MR) is 321 cm³/mol. The quantitative estimate of drug-likeness (QED) is 0.0261. The third-order valence-corrected chi connectivity index (χ3v) is 15.2. The highest BCUT2D eigenvalue weighted by atomic mass is 16.6. The highest BCUT2D eigenvalue weighted by molar-refractivity contribution is 5.71.